The van der Waals surface area contributed by atoms with Crippen molar-refractivity contribution >= 4 is 41.1 Å². The topological polar surface area (TPSA) is 177 Å². The second kappa shape index (κ2) is 16.2. The molecule has 0 aromatic heterocycles. The first-order chi connectivity index (χ1) is 19.0. The Labute approximate surface area is 239 Å². The standard InChI is InChI=1S/C28H37ClN6O5/c1-35(2)15-7-6-10-21(27(39)33-22(25(31)37)17-24(30)36)32-28(40)23(16-18-11-13-20(29)14-12-18)34-26(38)19-8-4-3-5-9-19/h3-5,8-9,11-14,21-23H,6-7,10,15-17H2,1-2H3,(H2,30,36)(H2,31,37)(H,32,40)(H,33,39)(H,34,38)/t21-,22-,23-/m0/s1. The molecule has 0 saturated carbocycles. The van der Waals surface area contributed by atoms with Crippen molar-refractivity contribution in [2.45, 2.75) is 50.2 Å². The Morgan fingerprint density at radius 1 is 0.800 bits per heavy atom. The first kappa shape index (κ1) is 32.3. The summed E-state index contributed by atoms with van der Waals surface area (Å²) < 4.78 is 0. The van der Waals surface area contributed by atoms with E-state index in [-0.39, 0.29) is 12.8 Å². The molecular formula is C28H37ClN6O5. The molecule has 0 bridgehead atoms. The zero-order valence-corrected chi connectivity index (χ0v) is 23.4. The van der Waals surface area contributed by atoms with Crippen LogP contribution in [0.15, 0.2) is 54.6 Å². The molecule has 7 N–H and O–H groups in total. The van der Waals surface area contributed by atoms with Crippen LogP contribution in [0.1, 0.15) is 41.6 Å². The fourth-order valence-corrected chi connectivity index (χ4v) is 4.04. The van der Waals surface area contributed by atoms with Gasteiger partial charge in [-0.2, -0.15) is 0 Å². The molecule has 2 aromatic carbocycles. The molecule has 0 radical (unpaired) electrons. The molecule has 0 spiro atoms. The number of nitrogens with two attached hydrogens (primary N) is 2. The van der Waals surface area contributed by atoms with E-state index in [0.717, 1.165) is 18.5 Å². The summed E-state index contributed by atoms with van der Waals surface area (Å²) in [6.45, 7) is 0.764. The van der Waals surface area contributed by atoms with Crippen LogP contribution in [-0.2, 0) is 25.6 Å². The Morgan fingerprint density at radius 3 is 1.98 bits per heavy atom. The van der Waals surface area contributed by atoms with E-state index < -0.39 is 54.1 Å². The number of hydrogen-bond acceptors (Lipinski definition) is 6. The van der Waals surface area contributed by atoms with Gasteiger partial charge in [-0.1, -0.05) is 41.9 Å². The maximum atomic E-state index is 13.5. The van der Waals surface area contributed by atoms with Crippen LogP contribution in [-0.4, -0.2) is 73.2 Å². The van der Waals surface area contributed by atoms with Crippen molar-refractivity contribution in [2.75, 3.05) is 20.6 Å². The molecule has 3 atom stereocenters. The predicted octanol–water partition coefficient (Wildman–Crippen LogP) is 0.743. The van der Waals surface area contributed by atoms with Gasteiger partial charge in [-0.15, -0.1) is 0 Å². The van der Waals surface area contributed by atoms with Gasteiger partial charge in [0.25, 0.3) is 5.91 Å². The molecule has 12 heteroatoms. The molecule has 0 unspecified atom stereocenters. The van der Waals surface area contributed by atoms with Crippen LogP contribution in [0.4, 0.5) is 0 Å². The zero-order valence-electron chi connectivity index (χ0n) is 22.7. The number of carbonyl (C=O) groups is 5. The van der Waals surface area contributed by atoms with Crippen molar-refractivity contribution in [3.8, 4) is 0 Å². The number of halogens is 1. The van der Waals surface area contributed by atoms with Crippen molar-refractivity contribution in [1.82, 2.24) is 20.9 Å². The third-order valence-electron chi connectivity index (χ3n) is 6.06. The van der Waals surface area contributed by atoms with Crippen molar-refractivity contribution in [3.05, 3.63) is 70.7 Å². The molecule has 0 fully saturated rings. The number of primary amides is 2. The fourth-order valence-electron chi connectivity index (χ4n) is 3.91. The van der Waals surface area contributed by atoms with Crippen molar-refractivity contribution in [1.29, 1.82) is 0 Å². The molecule has 0 aliphatic heterocycles. The molecule has 2 aromatic rings. The number of rotatable bonds is 16. The number of unbranched alkanes of at least 4 members (excludes halogenated alkanes) is 1. The van der Waals surface area contributed by atoms with E-state index in [1.165, 1.54) is 0 Å². The lowest BCUT2D eigenvalue weighted by atomic mass is 10.0. The van der Waals surface area contributed by atoms with E-state index in [1.807, 2.05) is 19.0 Å². The molecular weight excluding hydrogens is 536 g/mol. The normalized spacial score (nSPS) is 13.1. The highest BCUT2D eigenvalue weighted by Gasteiger charge is 2.30. The molecule has 0 aliphatic carbocycles. The lowest BCUT2D eigenvalue weighted by molar-refractivity contribution is -0.133. The van der Waals surface area contributed by atoms with Crippen LogP contribution in [0.3, 0.4) is 0 Å². The van der Waals surface area contributed by atoms with Crippen LogP contribution in [0, 0.1) is 0 Å². The van der Waals surface area contributed by atoms with E-state index in [1.54, 1.807) is 54.6 Å². The van der Waals surface area contributed by atoms with E-state index in [9.17, 15) is 24.0 Å². The average Bonchev–Trinajstić information content (AvgIpc) is 2.90. The quantitative estimate of drug-likeness (QED) is 0.185. The number of nitrogens with one attached hydrogen (secondary N) is 3. The number of carbonyl (C=O) groups excluding carboxylic acids is 5. The van der Waals surface area contributed by atoms with Gasteiger partial charge in [0.2, 0.25) is 23.6 Å². The second-order valence-electron chi connectivity index (χ2n) is 9.72. The summed E-state index contributed by atoms with van der Waals surface area (Å²) >= 11 is 6.00. The minimum absolute atomic E-state index is 0.127. The van der Waals surface area contributed by atoms with Crippen LogP contribution >= 0.6 is 11.6 Å². The third-order valence-corrected chi connectivity index (χ3v) is 6.31. The highest BCUT2D eigenvalue weighted by Crippen LogP contribution is 2.13. The number of hydrogen-bond donors (Lipinski definition) is 5. The van der Waals surface area contributed by atoms with E-state index in [4.69, 9.17) is 23.1 Å². The van der Waals surface area contributed by atoms with Gasteiger partial charge >= 0.3 is 0 Å². The molecule has 2 rings (SSSR count). The highest BCUT2D eigenvalue weighted by atomic mass is 35.5. The van der Waals surface area contributed by atoms with Crippen molar-refractivity contribution < 1.29 is 24.0 Å². The summed E-state index contributed by atoms with van der Waals surface area (Å²) in [5.74, 6) is -3.50. The lowest BCUT2D eigenvalue weighted by Gasteiger charge is -2.25. The smallest absolute Gasteiger partial charge is 0.251 e. The van der Waals surface area contributed by atoms with Gasteiger partial charge in [0.05, 0.1) is 6.42 Å². The monoisotopic (exact) mass is 572 g/mol. The molecule has 0 aliphatic rings. The summed E-state index contributed by atoms with van der Waals surface area (Å²) in [7, 11) is 3.84. The van der Waals surface area contributed by atoms with Gasteiger partial charge in [-0.3, -0.25) is 24.0 Å². The second-order valence-corrected chi connectivity index (χ2v) is 10.2. The molecule has 0 saturated heterocycles. The summed E-state index contributed by atoms with van der Waals surface area (Å²) in [5, 5.41) is 8.41. The van der Waals surface area contributed by atoms with Gasteiger partial charge in [-0.25, -0.2) is 0 Å². The maximum absolute atomic E-state index is 13.5. The number of benzene rings is 2. The summed E-state index contributed by atoms with van der Waals surface area (Å²) in [6, 6.07) is 11.8. The average molecular weight is 573 g/mol. The van der Waals surface area contributed by atoms with E-state index >= 15 is 0 Å². The summed E-state index contributed by atoms with van der Waals surface area (Å²) in [5.41, 5.74) is 11.6. The Hall–Kier alpha value is -3.96. The third kappa shape index (κ3) is 11.4. The molecule has 40 heavy (non-hydrogen) atoms. The zero-order chi connectivity index (χ0) is 29.7. The number of amides is 5. The highest BCUT2D eigenvalue weighted by molar-refractivity contribution is 6.30. The van der Waals surface area contributed by atoms with Crippen molar-refractivity contribution in [3.63, 3.8) is 0 Å². The van der Waals surface area contributed by atoms with Crippen LogP contribution in [0.25, 0.3) is 0 Å². The SMILES string of the molecule is CN(C)CCCC[C@H](NC(=O)[C@H](Cc1ccc(Cl)cc1)NC(=O)c1ccccc1)C(=O)N[C@@H](CC(N)=O)C(N)=O. The van der Waals surface area contributed by atoms with Gasteiger partial charge < -0.3 is 32.3 Å². The fraction of sp³-hybridized carbons (Fsp3) is 0.393. The minimum Gasteiger partial charge on any atom is -0.370 e. The molecule has 5 amide bonds. The summed E-state index contributed by atoms with van der Waals surface area (Å²) in [6.07, 6.45) is 1.21. The Bertz CT molecular complexity index is 1160. The van der Waals surface area contributed by atoms with Crippen LogP contribution < -0.4 is 27.4 Å². The Morgan fingerprint density at radius 2 is 1.40 bits per heavy atom. The molecule has 0 heterocycles. The molecule has 216 valence electrons. The largest absolute Gasteiger partial charge is 0.370 e. The van der Waals surface area contributed by atoms with Gasteiger partial charge in [0.1, 0.15) is 18.1 Å². The Kier molecular flexibility index (Phi) is 13.1. The molecule has 11 nitrogen and oxygen atoms in total. The Balaban J connectivity index is 2.26. The van der Waals surface area contributed by atoms with Gasteiger partial charge in [0.15, 0.2) is 0 Å². The first-order valence-electron chi connectivity index (χ1n) is 12.9. The van der Waals surface area contributed by atoms with Crippen molar-refractivity contribution in [2.24, 2.45) is 11.5 Å². The lowest BCUT2D eigenvalue weighted by Crippen LogP contribution is -2.57. The van der Waals surface area contributed by atoms with Crippen LogP contribution in [0.2, 0.25) is 5.02 Å². The number of nitrogens with zero attached hydrogens (tertiary/aromatic N) is 1. The maximum Gasteiger partial charge on any atom is 0.251 e. The van der Waals surface area contributed by atoms with Gasteiger partial charge in [0, 0.05) is 17.0 Å². The van der Waals surface area contributed by atoms with Crippen LogP contribution in [0.5, 0.6) is 0 Å². The van der Waals surface area contributed by atoms with E-state index in [2.05, 4.69) is 16.0 Å². The summed E-state index contributed by atoms with van der Waals surface area (Å²) in [4.78, 5) is 64.8. The minimum atomic E-state index is -1.33. The first-order valence-corrected chi connectivity index (χ1v) is 13.3. The van der Waals surface area contributed by atoms with Gasteiger partial charge in [-0.05, 0) is 69.7 Å². The predicted molar refractivity (Wildman–Crippen MR) is 152 cm³/mol. The van der Waals surface area contributed by atoms with E-state index in [0.29, 0.717) is 17.0 Å².